The third-order valence-electron chi connectivity index (χ3n) is 3.46. The molecule has 2 aromatic rings. The second kappa shape index (κ2) is 6.57. The van der Waals surface area contributed by atoms with Gasteiger partial charge in [0.25, 0.3) is 0 Å². The van der Waals surface area contributed by atoms with Crippen LogP contribution in [0.25, 0.3) is 0 Å². The van der Waals surface area contributed by atoms with E-state index in [0.29, 0.717) is 5.84 Å². The zero-order valence-electron chi connectivity index (χ0n) is 13.1. The molecule has 0 aromatic heterocycles. The van der Waals surface area contributed by atoms with Crippen molar-refractivity contribution < 1.29 is 0 Å². The van der Waals surface area contributed by atoms with Gasteiger partial charge in [-0.05, 0) is 11.1 Å². The monoisotopic (exact) mass is 280 g/mol. The quantitative estimate of drug-likeness (QED) is 0.637. The molecule has 21 heavy (non-hydrogen) atoms. The van der Waals surface area contributed by atoms with Crippen molar-refractivity contribution in [3.63, 3.8) is 0 Å². The molecule has 110 valence electrons. The summed E-state index contributed by atoms with van der Waals surface area (Å²) in [4.78, 5) is 2.16. The maximum atomic E-state index is 8.52. The zero-order valence-corrected chi connectivity index (χ0v) is 13.1. The summed E-state index contributed by atoms with van der Waals surface area (Å²) in [5.41, 5.74) is 2.33. The predicted octanol–water partition coefficient (Wildman–Crippen LogP) is 4.71. The molecule has 0 aliphatic rings. The van der Waals surface area contributed by atoms with Gasteiger partial charge >= 0.3 is 0 Å². The van der Waals surface area contributed by atoms with Crippen molar-refractivity contribution >= 4 is 5.84 Å². The molecule has 0 heterocycles. The molecule has 0 aliphatic heterocycles. The summed E-state index contributed by atoms with van der Waals surface area (Å²) in [7, 11) is 0. The van der Waals surface area contributed by atoms with Crippen LogP contribution < -0.4 is 0 Å². The van der Waals surface area contributed by atoms with Crippen molar-refractivity contribution in [3.05, 3.63) is 71.8 Å². The number of nitrogens with one attached hydrogen (secondary N) is 1. The Balaban J connectivity index is 2.20. The summed E-state index contributed by atoms with van der Waals surface area (Å²) in [6.07, 6.45) is 0. The van der Waals surface area contributed by atoms with Gasteiger partial charge in [-0.15, -0.1) is 0 Å². The first-order chi connectivity index (χ1) is 9.97. The van der Waals surface area contributed by atoms with E-state index in [4.69, 9.17) is 5.41 Å². The molecule has 0 atom stereocenters. The summed E-state index contributed by atoms with van der Waals surface area (Å²) in [5, 5.41) is 8.52. The Morgan fingerprint density at radius 2 is 1.19 bits per heavy atom. The lowest BCUT2D eigenvalue weighted by atomic mass is 9.93. The van der Waals surface area contributed by atoms with Crippen LogP contribution in [0.3, 0.4) is 0 Å². The first kappa shape index (κ1) is 15.3. The molecule has 0 unspecified atom stereocenters. The van der Waals surface area contributed by atoms with Gasteiger partial charge in [-0.25, -0.2) is 0 Å². The van der Waals surface area contributed by atoms with Crippen LogP contribution in [0, 0.1) is 10.8 Å². The van der Waals surface area contributed by atoms with Crippen LogP contribution in [0.5, 0.6) is 0 Å². The lowest BCUT2D eigenvalue weighted by Gasteiger charge is -2.33. The van der Waals surface area contributed by atoms with Gasteiger partial charge in [-0.1, -0.05) is 81.4 Å². The summed E-state index contributed by atoms with van der Waals surface area (Å²) >= 11 is 0. The zero-order chi connectivity index (χ0) is 15.3. The van der Waals surface area contributed by atoms with Gasteiger partial charge in [0, 0.05) is 18.5 Å². The largest absolute Gasteiger partial charge is 0.351 e. The highest BCUT2D eigenvalue weighted by atomic mass is 15.2. The normalized spacial score (nSPS) is 11.2. The smallest absolute Gasteiger partial charge is 0.102 e. The summed E-state index contributed by atoms with van der Waals surface area (Å²) < 4.78 is 0. The van der Waals surface area contributed by atoms with E-state index in [-0.39, 0.29) is 5.41 Å². The Kier molecular flexibility index (Phi) is 4.79. The molecule has 0 amide bonds. The predicted molar refractivity (Wildman–Crippen MR) is 89.3 cm³/mol. The second-order valence-electron chi connectivity index (χ2n) is 6.43. The van der Waals surface area contributed by atoms with E-state index in [1.54, 1.807) is 0 Å². The molecule has 0 saturated heterocycles. The Labute approximate surface area is 127 Å². The Hall–Kier alpha value is -2.09. The Morgan fingerprint density at radius 1 is 0.810 bits per heavy atom. The molecule has 0 spiro atoms. The van der Waals surface area contributed by atoms with E-state index in [1.165, 1.54) is 11.1 Å². The summed E-state index contributed by atoms with van der Waals surface area (Å²) in [6.45, 7) is 7.83. The molecule has 2 aromatic carbocycles. The van der Waals surface area contributed by atoms with Gasteiger partial charge in [-0.3, -0.25) is 5.41 Å². The Morgan fingerprint density at radius 3 is 1.52 bits per heavy atom. The highest BCUT2D eigenvalue weighted by Crippen LogP contribution is 2.21. The highest BCUT2D eigenvalue weighted by molar-refractivity contribution is 5.84. The number of benzene rings is 2. The van der Waals surface area contributed by atoms with Gasteiger partial charge in [0.2, 0.25) is 0 Å². The number of hydrogen-bond donors (Lipinski definition) is 1. The molecule has 0 aliphatic carbocycles. The highest BCUT2D eigenvalue weighted by Gasteiger charge is 2.23. The van der Waals surface area contributed by atoms with E-state index in [9.17, 15) is 0 Å². The van der Waals surface area contributed by atoms with Crippen molar-refractivity contribution in [1.29, 1.82) is 5.41 Å². The van der Waals surface area contributed by atoms with Crippen LogP contribution in [0.4, 0.5) is 0 Å². The fourth-order valence-corrected chi connectivity index (χ4v) is 2.30. The molecule has 2 heteroatoms. The van der Waals surface area contributed by atoms with Crippen molar-refractivity contribution in [2.75, 3.05) is 0 Å². The SMILES string of the molecule is CC(C)(C)C(=N)N(Cc1ccccc1)Cc1ccccc1. The van der Waals surface area contributed by atoms with Crippen molar-refractivity contribution in [2.24, 2.45) is 5.41 Å². The minimum atomic E-state index is -0.149. The number of hydrogen-bond acceptors (Lipinski definition) is 1. The van der Waals surface area contributed by atoms with Crippen LogP contribution >= 0.6 is 0 Å². The standard InChI is InChI=1S/C19H24N2/c1-19(2,3)18(20)21(14-16-10-6-4-7-11-16)15-17-12-8-5-9-13-17/h4-13,20H,14-15H2,1-3H3. The van der Waals surface area contributed by atoms with E-state index in [0.717, 1.165) is 13.1 Å². The first-order valence-electron chi connectivity index (χ1n) is 7.38. The fraction of sp³-hybridized carbons (Fsp3) is 0.316. The second-order valence-corrected chi connectivity index (χ2v) is 6.43. The van der Waals surface area contributed by atoms with E-state index < -0.39 is 0 Å². The molecule has 1 N–H and O–H groups in total. The minimum absolute atomic E-state index is 0.149. The lowest BCUT2D eigenvalue weighted by Crippen LogP contribution is -2.38. The van der Waals surface area contributed by atoms with Crippen LogP contribution in [0.15, 0.2) is 60.7 Å². The molecule has 0 bridgehead atoms. The van der Waals surface area contributed by atoms with Crippen molar-refractivity contribution in [1.82, 2.24) is 4.90 Å². The maximum Gasteiger partial charge on any atom is 0.102 e. The molecule has 0 radical (unpaired) electrons. The minimum Gasteiger partial charge on any atom is -0.351 e. The third-order valence-corrected chi connectivity index (χ3v) is 3.46. The van der Waals surface area contributed by atoms with Gasteiger partial charge in [0.1, 0.15) is 5.84 Å². The molecule has 0 fully saturated rings. The fourth-order valence-electron chi connectivity index (χ4n) is 2.30. The van der Waals surface area contributed by atoms with E-state index in [2.05, 4.69) is 74.2 Å². The Bertz CT molecular complexity index is 526. The van der Waals surface area contributed by atoms with Crippen LogP contribution in [0.1, 0.15) is 31.9 Å². The maximum absolute atomic E-state index is 8.52. The number of nitrogens with zero attached hydrogens (tertiary/aromatic N) is 1. The van der Waals surface area contributed by atoms with Crippen molar-refractivity contribution in [3.8, 4) is 0 Å². The molecule has 2 rings (SSSR count). The van der Waals surface area contributed by atoms with Crippen LogP contribution in [0.2, 0.25) is 0 Å². The number of amidine groups is 1. The molecular formula is C19H24N2. The van der Waals surface area contributed by atoms with Gasteiger partial charge in [-0.2, -0.15) is 0 Å². The summed E-state index contributed by atoms with van der Waals surface area (Å²) in [6, 6.07) is 20.7. The molecule has 2 nitrogen and oxygen atoms in total. The topological polar surface area (TPSA) is 27.1 Å². The van der Waals surface area contributed by atoms with E-state index >= 15 is 0 Å². The summed E-state index contributed by atoms with van der Waals surface area (Å²) in [5.74, 6) is 0.676. The van der Waals surface area contributed by atoms with Crippen molar-refractivity contribution in [2.45, 2.75) is 33.9 Å². The van der Waals surface area contributed by atoms with Gasteiger partial charge in [0.15, 0.2) is 0 Å². The van der Waals surface area contributed by atoms with Crippen LogP contribution in [-0.4, -0.2) is 10.7 Å². The third kappa shape index (κ3) is 4.45. The lowest BCUT2D eigenvalue weighted by molar-refractivity contribution is 0.353. The average Bonchev–Trinajstić information content (AvgIpc) is 2.47. The van der Waals surface area contributed by atoms with Crippen LogP contribution in [-0.2, 0) is 13.1 Å². The average molecular weight is 280 g/mol. The molecular weight excluding hydrogens is 256 g/mol. The number of rotatable bonds is 4. The van der Waals surface area contributed by atoms with E-state index in [1.807, 2.05) is 12.1 Å². The first-order valence-corrected chi connectivity index (χ1v) is 7.38. The van der Waals surface area contributed by atoms with Gasteiger partial charge < -0.3 is 4.90 Å². The molecule has 0 saturated carbocycles. The van der Waals surface area contributed by atoms with Gasteiger partial charge in [0.05, 0.1) is 0 Å².